The number of likely N-dealkylation sites (tertiary alicyclic amines) is 1. The zero-order valence-electron chi connectivity index (χ0n) is 15.6. The Kier molecular flexibility index (Phi) is 6.26. The minimum absolute atomic E-state index is 0.168. The van der Waals surface area contributed by atoms with E-state index >= 15 is 0 Å². The number of carbonyl (C=O) groups excluding carboxylic acids is 1. The predicted octanol–water partition coefficient (Wildman–Crippen LogP) is 1.77. The summed E-state index contributed by atoms with van der Waals surface area (Å²) in [6.07, 6.45) is 3.80. The van der Waals surface area contributed by atoms with E-state index in [4.69, 9.17) is 0 Å². The summed E-state index contributed by atoms with van der Waals surface area (Å²) in [5.74, 6) is 2.78. The lowest BCUT2D eigenvalue weighted by atomic mass is 9.97. The van der Waals surface area contributed by atoms with E-state index in [-0.39, 0.29) is 11.8 Å². The van der Waals surface area contributed by atoms with Gasteiger partial charge < -0.3 is 14.4 Å². The largest absolute Gasteiger partial charge is 0.341 e. The Balaban J connectivity index is 1.60. The second-order valence-corrected chi connectivity index (χ2v) is 7.90. The lowest BCUT2D eigenvalue weighted by Crippen LogP contribution is -2.40. The molecule has 1 amide bonds. The first-order valence-electron chi connectivity index (χ1n) is 8.89. The normalized spacial score (nSPS) is 17.7. The molecule has 2 aromatic rings. The lowest BCUT2D eigenvalue weighted by molar-refractivity contribution is -0.129. The number of carbonyl (C=O) groups is 1. The lowest BCUT2D eigenvalue weighted by Gasteiger charge is -2.32. The molecular formula is C18H26N6OS. The average molecular weight is 375 g/mol. The molecule has 26 heavy (non-hydrogen) atoms. The minimum Gasteiger partial charge on any atom is -0.341 e. The summed E-state index contributed by atoms with van der Waals surface area (Å²) in [4.78, 5) is 20.9. The van der Waals surface area contributed by atoms with Crippen molar-refractivity contribution in [1.82, 2.24) is 29.5 Å². The van der Waals surface area contributed by atoms with Crippen molar-refractivity contribution in [3.05, 3.63) is 36.0 Å². The van der Waals surface area contributed by atoms with Crippen molar-refractivity contribution in [2.45, 2.75) is 30.3 Å². The molecule has 3 rings (SSSR count). The van der Waals surface area contributed by atoms with Crippen LogP contribution < -0.4 is 0 Å². The number of piperidine rings is 1. The van der Waals surface area contributed by atoms with Crippen LogP contribution in [0.3, 0.4) is 0 Å². The molecule has 140 valence electrons. The molecule has 2 aromatic heterocycles. The van der Waals surface area contributed by atoms with E-state index in [1.807, 2.05) is 44.2 Å². The molecule has 1 aliphatic rings. The maximum absolute atomic E-state index is 12.6. The number of thioether (sulfide) groups is 1. The highest BCUT2D eigenvalue weighted by Crippen LogP contribution is 2.27. The monoisotopic (exact) mass is 374 g/mol. The molecule has 1 saturated heterocycles. The Morgan fingerprint density at radius 2 is 2.19 bits per heavy atom. The quantitative estimate of drug-likeness (QED) is 0.718. The van der Waals surface area contributed by atoms with Gasteiger partial charge in [0.05, 0.1) is 17.3 Å². The van der Waals surface area contributed by atoms with Crippen molar-refractivity contribution < 1.29 is 4.79 Å². The smallest absolute Gasteiger partial charge is 0.233 e. The minimum atomic E-state index is 0.168. The molecule has 8 heteroatoms. The number of rotatable bonds is 6. The molecule has 3 heterocycles. The van der Waals surface area contributed by atoms with E-state index in [0.717, 1.165) is 49.2 Å². The van der Waals surface area contributed by atoms with Gasteiger partial charge in [0.1, 0.15) is 11.6 Å². The van der Waals surface area contributed by atoms with E-state index in [1.54, 1.807) is 6.20 Å². The van der Waals surface area contributed by atoms with Gasteiger partial charge in [0.15, 0.2) is 0 Å². The molecular weight excluding hydrogens is 348 g/mol. The van der Waals surface area contributed by atoms with Crippen LogP contribution in [0, 0.1) is 0 Å². The van der Waals surface area contributed by atoms with Gasteiger partial charge in [0, 0.05) is 32.3 Å². The van der Waals surface area contributed by atoms with E-state index in [0.29, 0.717) is 5.75 Å². The van der Waals surface area contributed by atoms with E-state index in [1.165, 1.54) is 11.8 Å². The van der Waals surface area contributed by atoms with Crippen LogP contribution in [0.2, 0.25) is 0 Å². The molecule has 0 aliphatic carbocycles. The van der Waals surface area contributed by atoms with Gasteiger partial charge in [0.2, 0.25) is 5.91 Å². The zero-order chi connectivity index (χ0) is 18.5. The maximum atomic E-state index is 12.6. The van der Waals surface area contributed by atoms with Crippen molar-refractivity contribution in [1.29, 1.82) is 0 Å². The van der Waals surface area contributed by atoms with Crippen LogP contribution in [0.25, 0.3) is 0 Å². The highest BCUT2D eigenvalue weighted by molar-refractivity contribution is 7.99. The number of amides is 1. The van der Waals surface area contributed by atoms with Crippen LogP contribution in [0.5, 0.6) is 0 Å². The standard InChI is InChI=1S/C18H26N6OS/c1-22(2)12-15-20-21-18(23(15)3)14-7-6-10-24(11-14)17(25)13-26-16-8-4-5-9-19-16/h4-5,8-9,14H,6-7,10-13H2,1-3H3. The Morgan fingerprint density at radius 1 is 1.35 bits per heavy atom. The third kappa shape index (κ3) is 4.62. The summed E-state index contributed by atoms with van der Waals surface area (Å²) in [7, 11) is 6.06. The van der Waals surface area contributed by atoms with Crippen molar-refractivity contribution in [3.8, 4) is 0 Å². The fourth-order valence-electron chi connectivity index (χ4n) is 3.23. The number of aromatic nitrogens is 4. The molecule has 0 N–H and O–H groups in total. The fraction of sp³-hybridized carbons (Fsp3) is 0.556. The van der Waals surface area contributed by atoms with Crippen molar-refractivity contribution >= 4 is 17.7 Å². The second kappa shape index (κ2) is 8.64. The zero-order valence-corrected chi connectivity index (χ0v) is 16.4. The third-order valence-corrected chi connectivity index (χ3v) is 5.51. The van der Waals surface area contributed by atoms with Gasteiger partial charge in [-0.15, -0.1) is 10.2 Å². The maximum Gasteiger partial charge on any atom is 0.233 e. The highest BCUT2D eigenvalue weighted by Gasteiger charge is 2.28. The molecule has 1 atom stereocenters. The van der Waals surface area contributed by atoms with Crippen LogP contribution in [-0.2, 0) is 18.4 Å². The van der Waals surface area contributed by atoms with E-state index < -0.39 is 0 Å². The third-order valence-electron chi connectivity index (χ3n) is 4.58. The van der Waals surface area contributed by atoms with Crippen LogP contribution in [-0.4, -0.2) is 68.4 Å². The SMILES string of the molecule is CN(C)Cc1nnc(C2CCCN(C(=O)CSc3ccccn3)C2)n1C. The van der Waals surface area contributed by atoms with E-state index in [9.17, 15) is 4.79 Å². The second-order valence-electron chi connectivity index (χ2n) is 6.91. The van der Waals surface area contributed by atoms with E-state index in [2.05, 4.69) is 24.6 Å². The summed E-state index contributed by atoms with van der Waals surface area (Å²) >= 11 is 1.49. The van der Waals surface area contributed by atoms with Gasteiger partial charge in [-0.1, -0.05) is 17.8 Å². The van der Waals surface area contributed by atoms with Gasteiger partial charge in [-0.05, 0) is 39.1 Å². The first kappa shape index (κ1) is 18.8. The summed E-state index contributed by atoms with van der Waals surface area (Å²) in [5, 5.41) is 9.63. The molecule has 0 bridgehead atoms. The van der Waals surface area contributed by atoms with Gasteiger partial charge in [-0.2, -0.15) is 0 Å². The molecule has 0 saturated carbocycles. The Hall–Kier alpha value is -1.93. The van der Waals surface area contributed by atoms with Crippen LogP contribution in [0.15, 0.2) is 29.4 Å². The summed E-state index contributed by atoms with van der Waals surface area (Å²) < 4.78 is 2.08. The summed E-state index contributed by atoms with van der Waals surface area (Å²) in [6, 6.07) is 5.76. The number of nitrogens with zero attached hydrogens (tertiary/aromatic N) is 6. The van der Waals surface area contributed by atoms with Gasteiger partial charge in [-0.3, -0.25) is 4.79 Å². The molecule has 7 nitrogen and oxygen atoms in total. The Morgan fingerprint density at radius 3 is 2.92 bits per heavy atom. The molecule has 1 aliphatic heterocycles. The molecule has 1 fully saturated rings. The van der Waals surface area contributed by atoms with Crippen molar-refractivity contribution in [2.24, 2.45) is 7.05 Å². The van der Waals surface area contributed by atoms with Gasteiger partial charge in [-0.25, -0.2) is 4.98 Å². The first-order chi connectivity index (χ1) is 12.5. The molecule has 0 radical (unpaired) electrons. The Labute approximate surface area is 158 Å². The van der Waals surface area contributed by atoms with Gasteiger partial charge >= 0.3 is 0 Å². The van der Waals surface area contributed by atoms with Crippen LogP contribution in [0.1, 0.15) is 30.4 Å². The van der Waals surface area contributed by atoms with Crippen LogP contribution >= 0.6 is 11.8 Å². The van der Waals surface area contributed by atoms with Crippen molar-refractivity contribution in [3.63, 3.8) is 0 Å². The highest BCUT2D eigenvalue weighted by atomic mass is 32.2. The topological polar surface area (TPSA) is 67.2 Å². The van der Waals surface area contributed by atoms with Crippen LogP contribution in [0.4, 0.5) is 0 Å². The number of hydrogen-bond acceptors (Lipinski definition) is 6. The average Bonchev–Trinajstić information content (AvgIpc) is 3.00. The number of hydrogen-bond donors (Lipinski definition) is 0. The summed E-state index contributed by atoms with van der Waals surface area (Å²) in [5.41, 5.74) is 0. The molecule has 0 spiro atoms. The molecule has 0 aromatic carbocycles. The predicted molar refractivity (Wildman–Crippen MR) is 102 cm³/mol. The van der Waals surface area contributed by atoms with Crippen molar-refractivity contribution in [2.75, 3.05) is 32.9 Å². The fourth-order valence-corrected chi connectivity index (χ4v) is 3.99. The first-order valence-corrected chi connectivity index (χ1v) is 9.87. The summed E-state index contributed by atoms with van der Waals surface area (Å²) in [6.45, 7) is 2.30. The molecule has 1 unspecified atom stereocenters. The Bertz CT molecular complexity index is 733. The number of pyridine rings is 1. The van der Waals surface area contributed by atoms with Gasteiger partial charge in [0.25, 0.3) is 0 Å².